The number of thiophene rings is 1. The summed E-state index contributed by atoms with van der Waals surface area (Å²) in [5, 5.41) is 3.42. The number of rotatable bonds is 2. The minimum absolute atomic E-state index is 0.806. The second-order valence-electron chi connectivity index (χ2n) is 6.11. The zero-order valence-electron chi connectivity index (χ0n) is 13.3. The molecule has 1 aliphatic rings. The van der Waals surface area contributed by atoms with Gasteiger partial charge in [0, 0.05) is 31.0 Å². The molecule has 4 rings (SSSR count). The van der Waals surface area contributed by atoms with Crippen molar-refractivity contribution in [3.63, 3.8) is 0 Å². The summed E-state index contributed by atoms with van der Waals surface area (Å²) in [5.41, 5.74) is 2.31. The van der Waals surface area contributed by atoms with Gasteiger partial charge < -0.3 is 4.90 Å². The smallest absolute Gasteiger partial charge is 0.163 e. The van der Waals surface area contributed by atoms with Crippen LogP contribution in [0.25, 0.3) is 21.6 Å². The molecule has 3 aromatic rings. The maximum Gasteiger partial charge on any atom is 0.163 e. The average Bonchev–Trinajstić information content (AvgIpc) is 2.81. The van der Waals surface area contributed by atoms with Gasteiger partial charge in [-0.1, -0.05) is 12.8 Å². The summed E-state index contributed by atoms with van der Waals surface area (Å²) in [5.74, 6) is 1.92. The minimum atomic E-state index is 0.806. The number of fused-ring (bicyclic) bond motifs is 1. The van der Waals surface area contributed by atoms with Crippen molar-refractivity contribution in [2.45, 2.75) is 32.6 Å². The Kier molecular flexibility index (Phi) is 3.95. The Hall–Kier alpha value is -2.01. The lowest BCUT2D eigenvalue weighted by Gasteiger charge is -2.23. The zero-order valence-corrected chi connectivity index (χ0v) is 14.1. The van der Waals surface area contributed by atoms with Gasteiger partial charge in [-0.05, 0) is 42.8 Å². The van der Waals surface area contributed by atoms with Crippen LogP contribution in [0.2, 0.25) is 0 Å². The SMILES string of the molecule is Cc1csc2nc(-c3ccncc3)nc(N3CCCCCC3)c12. The first kappa shape index (κ1) is 14.6. The standard InChI is InChI=1S/C18H20N4S/c1-13-12-23-18-15(13)17(22-10-4-2-3-5-11-22)20-16(21-18)14-6-8-19-9-7-14/h6-9,12H,2-5,10-11H2,1H3. The summed E-state index contributed by atoms with van der Waals surface area (Å²) >= 11 is 1.71. The lowest BCUT2D eigenvalue weighted by Crippen LogP contribution is -2.25. The van der Waals surface area contributed by atoms with E-state index in [-0.39, 0.29) is 0 Å². The lowest BCUT2D eigenvalue weighted by atomic mass is 10.2. The van der Waals surface area contributed by atoms with Gasteiger partial charge in [0.15, 0.2) is 5.82 Å². The molecule has 1 fully saturated rings. The fraction of sp³-hybridized carbons (Fsp3) is 0.389. The van der Waals surface area contributed by atoms with Crippen molar-refractivity contribution in [3.05, 3.63) is 35.5 Å². The number of aromatic nitrogens is 3. The van der Waals surface area contributed by atoms with Crippen molar-refractivity contribution < 1.29 is 0 Å². The molecule has 0 bridgehead atoms. The van der Waals surface area contributed by atoms with Gasteiger partial charge in [-0.2, -0.15) is 0 Å². The van der Waals surface area contributed by atoms with Gasteiger partial charge in [0.2, 0.25) is 0 Å². The molecule has 23 heavy (non-hydrogen) atoms. The molecular weight excluding hydrogens is 304 g/mol. The highest BCUT2D eigenvalue weighted by molar-refractivity contribution is 7.17. The Morgan fingerprint density at radius 2 is 1.74 bits per heavy atom. The Bertz CT molecular complexity index is 805. The molecule has 5 heteroatoms. The van der Waals surface area contributed by atoms with Crippen LogP contribution < -0.4 is 4.90 Å². The molecule has 0 saturated carbocycles. The third-order valence-electron chi connectivity index (χ3n) is 4.44. The molecule has 0 atom stereocenters. The van der Waals surface area contributed by atoms with E-state index in [2.05, 4.69) is 22.2 Å². The first-order chi connectivity index (χ1) is 11.3. The summed E-state index contributed by atoms with van der Waals surface area (Å²) < 4.78 is 0. The molecule has 4 heterocycles. The minimum Gasteiger partial charge on any atom is -0.356 e. The molecule has 1 saturated heterocycles. The first-order valence-electron chi connectivity index (χ1n) is 8.24. The molecule has 0 unspecified atom stereocenters. The fourth-order valence-corrected chi connectivity index (χ4v) is 4.12. The van der Waals surface area contributed by atoms with Crippen LogP contribution in [0.5, 0.6) is 0 Å². The highest BCUT2D eigenvalue weighted by atomic mass is 32.1. The van der Waals surface area contributed by atoms with Crippen LogP contribution >= 0.6 is 11.3 Å². The van der Waals surface area contributed by atoms with Crippen LogP contribution in [0.1, 0.15) is 31.2 Å². The predicted octanol–water partition coefficient (Wildman–Crippen LogP) is 4.44. The molecule has 3 aromatic heterocycles. The Morgan fingerprint density at radius 3 is 2.48 bits per heavy atom. The molecule has 0 N–H and O–H groups in total. The molecular formula is C18H20N4S. The van der Waals surface area contributed by atoms with Gasteiger partial charge in [-0.15, -0.1) is 11.3 Å². The third kappa shape index (κ3) is 2.81. The van der Waals surface area contributed by atoms with Crippen molar-refractivity contribution in [2.24, 2.45) is 0 Å². The molecule has 4 nitrogen and oxygen atoms in total. The van der Waals surface area contributed by atoms with E-state index >= 15 is 0 Å². The number of pyridine rings is 1. The summed E-state index contributed by atoms with van der Waals surface area (Å²) in [6, 6.07) is 3.96. The van der Waals surface area contributed by atoms with E-state index in [0.29, 0.717) is 0 Å². The highest BCUT2D eigenvalue weighted by Crippen LogP contribution is 2.34. The van der Waals surface area contributed by atoms with Crippen molar-refractivity contribution >= 4 is 27.4 Å². The molecule has 0 aromatic carbocycles. The summed E-state index contributed by atoms with van der Waals surface area (Å²) in [7, 11) is 0. The van der Waals surface area contributed by atoms with Gasteiger partial charge >= 0.3 is 0 Å². The number of nitrogens with zero attached hydrogens (tertiary/aromatic N) is 4. The van der Waals surface area contributed by atoms with Crippen LogP contribution in [0.15, 0.2) is 29.9 Å². The average molecular weight is 324 g/mol. The maximum atomic E-state index is 4.96. The van der Waals surface area contributed by atoms with Crippen molar-refractivity contribution in [1.29, 1.82) is 0 Å². The van der Waals surface area contributed by atoms with E-state index in [4.69, 9.17) is 9.97 Å². The monoisotopic (exact) mass is 324 g/mol. The molecule has 1 aliphatic heterocycles. The lowest BCUT2D eigenvalue weighted by molar-refractivity contribution is 0.726. The molecule has 0 aliphatic carbocycles. The second-order valence-corrected chi connectivity index (χ2v) is 6.96. The predicted molar refractivity (Wildman–Crippen MR) is 96.1 cm³/mol. The first-order valence-corrected chi connectivity index (χ1v) is 9.12. The van der Waals surface area contributed by atoms with Gasteiger partial charge in [0.25, 0.3) is 0 Å². The van der Waals surface area contributed by atoms with Crippen molar-refractivity contribution in [2.75, 3.05) is 18.0 Å². The Balaban J connectivity index is 1.88. The maximum absolute atomic E-state index is 4.96. The number of anilines is 1. The van der Waals surface area contributed by atoms with E-state index in [1.54, 1.807) is 23.7 Å². The van der Waals surface area contributed by atoms with Gasteiger partial charge in [0.05, 0.1) is 5.39 Å². The molecule has 0 radical (unpaired) electrons. The van der Waals surface area contributed by atoms with Crippen molar-refractivity contribution in [3.8, 4) is 11.4 Å². The summed E-state index contributed by atoms with van der Waals surface area (Å²) in [6.07, 6.45) is 8.75. The van der Waals surface area contributed by atoms with E-state index in [9.17, 15) is 0 Å². The second kappa shape index (κ2) is 6.24. The summed E-state index contributed by atoms with van der Waals surface area (Å²) in [6.45, 7) is 4.35. The van der Waals surface area contributed by atoms with E-state index in [1.165, 1.54) is 36.6 Å². The number of aryl methyl sites for hydroxylation is 1. The van der Waals surface area contributed by atoms with Crippen LogP contribution in [0, 0.1) is 6.92 Å². The summed E-state index contributed by atoms with van der Waals surface area (Å²) in [4.78, 5) is 17.4. The fourth-order valence-electron chi connectivity index (χ4n) is 3.20. The van der Waals surface area contributed by atoms with E-state index in [1.807, 2.05) is 12.1 Å². The van der Waals surface area contributed by atoms with Crippen LogP contribution in [0.3, 0.4) is 0 Å². The van der Waals surface area contributed by atoms with Crippen LogP contribution in [-0.2, 0) is 0 Å². The normalized spacial score (nSPS) is 15.8. The molecule has 118 valence electrons. The van der Waals surface area contributed by atoms with Gasteiger partial charge in [-0.3, -0.25) is 4.98 Å². The van der Waals surface area contributed by atoms with Gasteiger partial charge in [-0.25, -0.2) is 9.97 Å². The molecule has 0 spiro atoms. The Labute approximate surface area is 140 Å². The van der Waals surface area contributed by atoms with E-state index < -0.39 is 0 Å². The van der Waals surface area contributed by atoms with Crippen LogP contribution in [0.4, 0.5) is 5.82 Å². The largest absolute Gasteiger partial charge is 0.356 e. The topological polar surface area (TPSA) is 41.9 Å². The highest BCUT2D eigenvalue weighted by Gasteiger charge is 2.19. The quantitative estimate of drug-likeness (QED) is 0.699. The Morgan fingerprint density at radius 1 is 1.00 bits per heavy atom. The van der Waals surface area contributed by atoms with Crippen LogP contribution in [-0.4, -0.2) is 28.0 Å². The van der Waals surface area contributed by atoms with Gasteiger partial charge in [0.1, 0.15) is 10.6 Å². The number of hydrogen-bond donors (Lipinski definition) is 0. The zero-order chi connectivity index (χ0) is 15.6. The third-order valence-corrected chi connectivity index (χ3v) is 5.43. The number of hydrogen-bond acceptors (Lipinski definition) is 5. The van der Waals surface area contributed by atoms with E-state index in [0.717, 1.165) is 35.1 Å². The molecule has 0 amide bonds. The van der Waals surface area contributed by atoms with Crippen molar-refractivity contribution in [1.82, 2.24) is 15.0 Å².